The lowest BCUT2D eigenvalue weighted by Gasteiger charge is -2.04. The minimum absolute atomic E-state index is 0.0110. The Kier molecular flexibility index (Phi) is 5.20. The summed E-state index contributed by atoms with van der Waals surface area (Å²) in [5.74, 6) is -0.0989. The lowest BCUT2D eigenvalue weighted by Crippen LogP contribution is -2.25. The van der Waals surface area contributed by atoms with Crippen molar-refractivity contribution in [1.82, 2.24) is 5.32 Å². The first-order valence-electron chi connectivity index (χ1n) is 7.49. The summed E-state index contributed by atoms with van der Waals surface area (Å²) in [4.78, 5) is 22.3. The van der Waals surface area contributed by atoms with E-state index in [-0.39, 0.29) is 16.8 Å². The van der Waals surface area contributed by atoms with Crippen LogP contribution in [0, 0.1) is 10.1 Å². The van der Waals surface area contributed by atoms with Gasteiger partial charge >= 0.3 is 0 Å². The first-order valence-corrected chi connectivity index (χ1v) is 8.37. The molecule has 1 aliphatic rings. The van der Waals surface area contributed by atoms with Crippen LogP contribution in [0.1, 0.15) is 11.1 Å². The lowest BCUT2D eigenvalue weighted by molar-refractivity contribution is -0.384. The van der Waals surface area contributed by atoms with Gasteiger partial charge in [-0.3, -0.25) is 14.9 Å². The molecule has 3 rings (SSSR count). The highest BCUT2D eigenvalue weighted by atomic mass is 32.2. The summed E-state index contributed by atoms with van der Waals surface area (Å²) >= 11 is 1.32. The van der Waals surface area contributed by atoms with E-state index < -0.39 is 4.92 Å². The summed E-state index contributed by atoms with van der Waals surface area (Å²) in [7, 11) is 0. The fourth-order valence-electron chi connectivity index (χ4n) is 2.28. The van der Waals surface area contributed by atoms with E-state index in [1.807, 2.05) is 30.3 Å². The van der Waals surface area contributed by atoms with E-state index >= 15 is 0 Å². The van der Waals surface area contributed by atoms with E-state index in [1.54, 1.807) is 12.1 Å². The highest BCUT2D eigenvalue weighted by molar-refractivity contribution is 8.15. The molecule has 1 unspecified atom stereocenters. The molecular weight excluding hydrogens is 340 g/mol. The molecule has 126 valence electrons. The van der Waals surface area contributed by atoms with Crippen molar-refractivity contribution in [3.8, 4) is 0 Å². The standard InChI is InChI=1S/C17H14N4O3S/c22-16-15(10-12-5-2-1-3-6-12)25-17(19-16)20-18-11-13-7-4-8-14(9-13)21(23)24/h1-9,11,15H,10H2,(H,19,20,22)/b18-11-. The van der Waals surface area contributed by atoms with Gasteiger partial charge in [0, 0.05) is 17.7 Å². The van der Waals surface area contributed by atoms with Crippen LogP contribution in [0.2, 0.25) is 0 Å². The third-order valence-corrected chi connectivity index (χ3v) is 4.55. The topological polar surface area (TPSA) is 97.0 Å². The van der Waals surface area contributed by atoms with Crippen LogP contribution < -0.4 is 5.32 Å². The van der Waals surface area contributed by atoms with Crippen LogP contribution in [0.5, 0.6) is 0 Å². The molecule has 1 N–H and O–H groups in total. The second kappa shape index (κ2) is 7.71. The van der Waals surface area contributed by atoms with Crippen LogP contribution in [0.25, 0.3) is 0 Å². The zero-order chi connectivity index (χ0) is 17.6. The Morgan fingerprint density at radius 1 is 1.20 bits per heavy atom. The summed E-state index contributed by atoms with van der Waals surface area (Å²) < 4.78 is 0. The number of hydrogen-bond donors (Lipinski definition) is 1. The minimum atomic E-state index is -0.468. The Balaban J connectivity index is 1.64. The molecule has 1 fully saturated rings. The largest absolute Gasteiger partial charge is 0.303 e. The Hall–Kier alpha value is -3.00. The lowest BCUT2D eigenvalue weighted by atomic mass is 10.1. The van der Waals surface area contributed by atoms with Crippen LogP contribution in [-0.4, -0.2) is 27.5 Å². The molecule has 0 aliphatic carbocycles. The fraction of sp³-hybridized carbons (Fsp3) is 0.118. The summed E-state index contributed by atoms with van der Waals surface area (Å²) in [6.07, 6.45) is 2.03. The Morgan fingerprint density at radius 3 is 2.76 bits per heavy atom. The van der Waals surface area contributed by atoms with Gasteiger partial charge in [-0.1, -0.05) is 54.2 Å². The predicted molar refractivity (Wildman–Crippen MR) is 97.8 cm³/mol. The number of carbonyl (C=O) groups excluding carboxylic acids is 1. The van der Waals surface area contributed by atoms with E-state index in [1.165, 1.54) is 30.1 Å². The van der Waals surface area contributed by atoms with Gasteiger partial charge in [0.15, 0.2) is 5.17 Å². The van der Waals surface area contributed by atoms with Crippen LogP contribution in [0.15, 0.2) is 64.8 Å². The molecule has 1 atom stereocenters. The molecule has 1 aliphatic heterocycles. The number of carbonyl (C=O) groups is 1. The summed E-state index contributed by atoms with van der Waals surface area (Å²) in [6.45, 7) is 0. The maximum Gasteiger partial charge on any atom is 0.270 e. The van der Waals surface area contributed by atoms with Crippen molar-refractivity contribution < 1.29 is 9.72 Å². The van der Waals surface area contributed by atoms with Gasteiger partial charge in [-0.05, 0) is 12.0 Å². The molecule has 0 radical (unpaired) electrons. The van der Waals surface area contributed by atoms with E-state index in [0.717, 1.165) is 5.56 Å². The zero-order valence-electron chi connectivity index (χ0n) is 13.0. The first kappa shape index (κ1) is 16.8. The van der Waals surface area contributed by atoms with E-state index in [4.69, 9.17) is 0 Å². The smallest absolute Gasteiger partial charge is 0.270 e. The maximum absolute atomic E-state index is 12.0. The van der Waals surface area contributed by atoms with Gasteiger partial charge in [-0.15, -0.1) is 5.10 Å². The molecule has 2 aromatic carbocycles. The molecule has 1 heterocycles. The number of amides is 1. The van der Waals surface area contributed by atoms with Crippen molar-refractivity contribution in [3.63, 3.8) is 0 Å². The molecule has 1 saturated heterocycles. The summed E-state index contributed by atoms with van der Waals surface area (Å²) in [6, 6.07) is 15.8. The highest BCUT2D eigenvalue weighted by Gasteiger charge is 2.30. The van der Waals surface area contributed by atoms with Crippen LogP contribution >= 0.6 is 11.8 Å². The molecule has 0 bridgehead atoms. The fourth-order valence-corrected chi connectivity index (χ4v) is 3.25. The molecule has 7 nitrogen and oxygen atoms in total. The van der Waals surface area contributed by atoms with E-state index in [9.17, 15) is 14.9 Å². The van der Waals surface area contributed by atoms with Gasteiger partial charge in [0.1, 0.15) is 0 Å². The van der Waals surface area contributed by atoms with E-state index in [2.05, 4.69) is 15.5 Å². The van der Waals surface area contributed by atoms with Crippen molar-refractivity contribution >= 4 is 34.7 Å². The van der Waals surface area contributed by atoms with Crippen molar-refractivity contribution in [2.75, 3.05) is 0 Å². The molecule has 25 heavy (non-hydrogen) atoms. The number of thioether (sulfide) groups is 1. The third-order valence-electron chi connectivity index (χ3n) is 3.48. The van der Waals surface area contributed by atoms with Gasteiger partial charge in [0.05, 0.1) is 16.4 Å². The molecule has 0 saturated carbocycles. The predicted octanol–water partition coefficient (Wildman–Crippen LogP) is 2.76. The zero-order valence-corrected chi connectivity index (χ0v) is 13.8. The number of benzene rings is 2. The molecule has 1 amide bonds. The Labute approximate surface area is 148 Å². The monoisotopic (exact) mass is 354 g/mol. The first-order chi connectivity index (χ1) is 12.1. The number of rotatable bonds is 5. The van der Waals surface area contributed by atoms with Gasteiger partial charge in [-0.2, -0.15) is 5.10 Å². The van der Waals surface area contributed by atoms with Crippen molar-refractivity contribution in [1.29, 1.82) is 0 Å². The van der Waals surface area contributed by atoms with Crippen molar-refractivity contribution in [2.45, 2.75) is 11.7 Å². The Morgan fingerprint density at radius 2 is 2.00 bits per heavy atom. The van der Waals surface area contributed by atoms with Crippen LogP contribution in [0.3, 0.4) is 0 Å². The minimum Gasteiger partial charge on any atom is -0.303 e. The van der Waals surface area contributed by atoms with Crippen LogP contribution in [-0.2, 0) is 11.2 Å². The number of amidine groups is 1. The van der Waals surface area contributed by atoms with Crippen molar-refractivity contribution in [3.05, 3.63) is 75.8 Å². The normalized spacial score (nSPS) is 18.6. The molecule has 0 spiro atoms. The molecular formula is C17H14N4O3S. The van der Waals surface area contributed by atoms with Gasteiger partial charge < -0.3 is 5.32 Å². The molecule has 0 aromatic heterocycles. The maximum atomic E-state index is 12.0. The quantitative estimate of drug-likeness (QED) is 0.507. The number of nitro groups is 1. The van der Waals surface area contributed by atoms with E-state index in [0.29, 0.717) is 17.2 Å². The highest BCUT2D eigenvalue weighted by Crippen LogP contribution is 2.23. The number of nitrogens with one attached hydrogen (secondary N) is 1. The van der Waals surface area contributed by atoms with Gasteiger partial charge in [0.25, 0.3) is 5.69 Å². The van der Waals surface area contributed by atoms with Crippen molar-refractivity contribution in [2.24, 2.45) is 10.2 Å². The number of non-ortho nitro benzene ring substituents is 1. The third kappa shape index (κ3) is 4.51. The average Bonchev–Trinajstić information content (AvgIpc) is 2.95. The molecule has 2 aromatic rings. The van der Waals surface area contributed by atoms with Gasteiger partial charge in [-0.25, -0.2) is 0 Å². The number of nitrogens with zero attached hydrogens (tertiary/aromatic N) is 3. The average molecular weight is 354 g/mol. The summed E-state index contributed by atoms with van der Waals surface area (Å²) in [5, 5.41) is 21.5. The number of nitro benzene ring substituents is 1. The van der Waals surface area contributed by atoms with Crippen LogP contribution in [0.4, 0.5) is 5.69 Å². The number of hydrogen-bond acceptors (Lipinski definition) is 6. The van der Waals surface area contributed by atoms with Gasteiger partial charge in [0.2, 0.25) is 5.91 Å². The second-order valence-corrected chi connectivity index (χ2v) is 6.48. The molecule has 8 heteroatoms. The SMILES string of the molecule is O=C1N/C(=N\N=C/c2cccc([N+](=O)[O-])c2)SC1Cc1ccccc1. The summed E-state index contributed by atoms with van der Waals surface area (Å²) in [5.41, 5.74) is 1.63. The Bertz CT molecular complexity index is 852. The second-order valence-electron chi connectivity index (χ2n) is 5.29.